The minimum absolute atomic E-state index is 0.320. The number of thioether (sulfide) groups is 1. The first kappa shape index (κ1) is 17.1. The number of carbonyl (C=O) groups is 1. The maximum Gasteiger partial charge on any atom is 0.346 e. The number of cyclic esters (lactones) is 1. The highest BCUT2D eigenvalue weighted by Gasteiger charge is 2.37. The average Bonchev–Trinajstić information content (AvgIpc) is 2.50. The SMILES string of the molecule is CC(Sc1ccc(Br)c2c1C(=O)OC(C)(C)O2)C1CCOCC1. The molecule has 0 bridgehead atoms. The second-order valence-corrected chi connectivity index (χ2v) is 8.69. The van der Waals surface area contributed by atoms with Gasteiger partial charge in [-0.2, -0.15) is 0 Å². The van der Waals surface area contributed by atoms with E-state index in [0.717, 1.165) is 35.4 Å². The molecular formula is C17H21BrO4S. The smallest absolute Gasteiger partial charge is 0.346 e. The third-order valence-corrected chi connectivity index (χ3v) is 6.18. The summed E-state index contributed by atoms with van der Waals surface area (Å²) in [7, 11) is 0. The van der Waals surface area contributed by atoms with E-state index in [2.05, 4.69) is 22.9 Å². The van der Waals surface area contributed by atoms with Crippen molar-refractivity contribution in [3.05, 3.63) is 22.2 Å². The fourth-order valence-electron chi connectivity index (χ4n) is 2.95. The number of halogens is 1. The second kappa shape index (κ2) is 6.65. The summed E-state index contributed by atoms with van der Waals surface area (Å²) in [5.41, 5.74) is 0.530. The molecule has 0 N–H and O–H groups in total. The molecule has 0 aliphatic carbocycles. The predicted molar refractivity (Wildman–Crippen MR) is 93.1 cm³/mol. The summed E-state index contributed by atoms with van der Waals surface area (Å²) in [6.07, 6.45) is 2.14. The Morgan fingerprint density at radius 1 is 1.26 bits per heavy atom. The van der Waals surface area contributed by atoms with E-state index in [4.69, 9.17) is 14.2 Å². The van der Waals surface area contributed by atoms with Crippen LogP contribution in [0.1, 0.15) is 44.0 Å². The van der Waals surface area contributed by atoms with Crippen molar-refractivity contribution in [3.63, 3.8) is 0 Å². The van der Waals surface area contributed by atoms with Crippen LogP contribution in [0.3, 0.4) is 0 Å². The molecule has 4 nitrogen and oxygen atoms in total. The Labute approximate surface area is 149 Å². The van der Waals surface area contributed by atoms with Gasteiger partial charge in [0.25, 0.3) is 0 Å². The van der Waals surface area contributed by atoms with Crippen LogP contribution < -0.4 is 4.74 Å². The van der Waals surface area contributed by atoms with Crippen molar-refractivity contribution in [2.75, 3.05) is 13.2 Å². The van der Waals surface area contributed by atoms with Crippen molar-refractivity contribution in [3.8, 4) is 5.75 Å². The maximum atomic E-state index is 12.5. The van der Waals surface area contributed by atoms with Crippen LogP contribution >= 0.6 is 27.7 Å². The molecule has 1 fully saturated rings. The number of fused-ring (bicyclic) bond motifs is 1. The van der Waals surface area contributed by atoms with Crippen LogP contribution in [0.5, 0.6) is 5.75 Å². The van der Waals surface area contributed by atoms with Crippen LogP contribution in [0.25, 0.3) is 0 Å². The molecule has 0 amide bonds. The first-order valence-electron chi connectivity index (χ1n) is 7.86. The lowest BCUT2D eigenvalue weighted by molar-refractivity contribution is -0.128. The van der Waals surface area contributed by atoms with E-state index < -0.39 is 5.79 Å². The summed E-state index contributed by atoms with van der Waals surface area (Å²) < 4.78 is 17.5. The molecule has 2 aliphatic heterocycles. The molecule has 23 heavy (non-hydrogen) atoms. The van der Waals surface area contributed by atoms with Gasteiger partial charge < -0.3 is 14.2 Å². The van der Waals surface area contributed by atoms with Gasteiger partial charge in [0.15, 0.2) is 5.75 Å². The zero-order valence-corrected chi connectivity index (χ0v) is 16.0. The van der Waals surface area contributed by atoms with Gasteiger partial charge in [-0.1, -0.05) is 6.92 Å². The topological polar surface area (TPSA) is 44.8 Å². The van der Waals surface area contributed by atoms with Gasteiger partial charge in [-0.25, -0.2) is 4.79 Å². The first-order valence-corrected chi connectivity index (χ1v) is 9.54. The van der Waals surface area contributed by atoms with E-state index in [1.165, 1.54) is 0 Å². The molecule has 6 heteroatoms. The molecule has 1 saturated heterocycles. The van der Waals surface area contributed by atoms with Gasteiger partial charge in [-0.05, 0) is 46.8 Å². The minimum Gasteiger partial charge on any atom is -0.451 e. The summed E-state index contributed by atoms with van der Waals surface area (Å²) in [4.78, 5) is 13.4. The van der Waals surface area contributed by atoms with Gasteiger partial charge >= 0.3 is 5.97 Å². The fourth-order valence-corrected chi connectivity index (χ4v) is 4.67. The molecule has 1 aromatic carbocycles. The van der Waals surface area contributed by atoms with Crippen LogP contribution in [0, 0.1) is 5.92 Å². The summed E-state index contributed by atoms with van der Waals surface area (Å²) >= 11 is 5.20. The highest BCUT2D eigenvalue weighted by atomic mass is 79.9. The summed E-state index contributed by atoms with van der Waals surface area (Å²) in [5, 5.41) is 0.409. The van der Waals surface area contributed by atoms with Crippen molar-refractivity contribution in [2.45, 2.75) is 49.5 Å². The third kappa shape index (κ3) is 3.69. The Morgan fingerprint density at radius 3 is 2.65 bits per heavy atom. The van der Waals surface area contributed by atoms with Crippen molar-refractivity contribution in [2.24, 2.45) is 5.92 Å². The minimum atomic E-state index is -0.942. The molecule has 0 spiro atoms. The molecule has 1 unspecified atom stereocenters. The predicted octanol–water partition coefficient (Wildman–Crippen LogP) is 4.64. The third-order valence-electron chi connectivity index (χ3n) is 4.20. The molecule has 2 heterocycles. The van der Waals surface area contributed by atoms with Gasteiger partial charge in [0.2, 0.25) is 5.79 Å². The highest BCUT2D eigenvalue weighted by Crippen LogP contribution is 2.44. The number of esters is 1. The molecular weight excluding hydrogens is 380 g/mol. The second-order valence-electron chi connectivity index (χ2n) is 6.41. The average molecular weight is 401 g/mol. The Hall–Kier alpha value is -0.720. The van der Waals surface area contributed by atoms with E-state index in [-0.39, 0.29) is 5.97 Å². The van der Waals surface area contributed by atoms with Crippen molar-refractivity contribution < 1.29 is 19.0 Å². The molecule has 2 aliphatic rings. The number of ether oxygens (including phenoxy) is 3. The molecule has 0 aromatic heterocycles. The quantitative estimate of drug-likeness (QED) is 0.545. The van der Waals surface area contributed by atoms with Gasteiger partial charge in [0, 0.05) is 37.2 Å². The monoisotopic (exact) mass is 400 g/mol. The lowest BCUT2D eigenvalue weighted by Crippen LogP contribution is -2.39. The largest absolute Gasteiger partial charge is 0.451 e. The maximum absolute atomic E-state index is 12.5. The number of hydrogen-bond donors (Lipinski definition) is 0. The van der Waals surface area contributed by atoms with Crippen LogP contribution in [-0.4, -0.2) is 30.2 Å². The molecule has 1 aromatic rings. The Kier molecular flexibility index (Phi) is 4.95. The highest BCUT2D eigenvalue weighted by molar-refractivity contribution is 9.10. The van der Waals surface area contributed by atoms with Gasteiger partial charge in [0.1, 0.15) is 5.56 Å². The fraction of sp³-hybridized carbons (Fsp3) is 0.588. The molecule has 0 saturated carbocycles. The van der Waals surface area contributed by atoms with Gasteiger partial charge in [0.05, 0.1) is 4.47 Å². The Balaban J connectivity index is 1.87. The summed E-state index contributed by atoms with van der Waals surface area (Å²) in [6, 6.07) is 3.90. The van der Waals surface area contributed by atoms with Crippen molar-refractivity contribution >= 4 is 33.7 Å². The van der Waals surface area contributed by atoms with Crippen LogP contribution in [0.15, 0.2) is 21.5 Å². The van der Waals surface area contributed by atoms with Crippen molar-refractivity contribution in [1.29, 1.82) is 0 Å². The van der Waals surface area contributed by atoms with E-state index in [1.54, 1.807) is 25.6 Å². The standard InChI is InChI=1S/C17H21BrO4S/c1-10(11-6-8-20-9-7-11)23-13-5-4-12(18)15-14(13)16(19)22-17(2,3)21-15/h4-5,10-11H,6-9H2,1-3H3. The van der Waals surface area contributed by atoms with Gasteiger partial charge in [-0.3, -0.25) is 0 Å². The van der Waals surface area contributed by atoms with Crippen LogP contribution in [-0.2, 0) is 9.47 Å². The Morgan fingerprint density at radius 2 is 1.96 bits per heavy atom. The molecule has 0 radical (unpaired) electrons. The summed E-state index contributed by atoms with van der Waals surface area (Å²) in [6.45, 7) is 7.35. The van der Waals surface area contributed by atoms with E-state index in [1.807, 2.05) is 12.1 Å². The number of carbonyl (C=O) groups excluding carboxylic acids is 1. The lowest BCUT2D eigenvalue weighted by Gasteiger charge is -2.34. The molecule has 1 atom stereocenters. The van der Waals surface area contributed by atoms with Crippen LogP contribution in [0.4, 0.5) is 0 Å². The van der Waals surface area contributed by atoms with Crippen LogP contribution in [0.2, 0.25) is 0 Å². The van der Waals surface area contributed by atoms with E-state index in [9.17, 15) is 4.79 Å². The number of benzene rings is 1. The molecule has 3 rings (SSSR count). The number of rotatable bonds is 3. The van der Waals surface area contributed by atoms with Gasteiger partial charge in [-0.15, -0.1) is 11.8 Å². The van der Waals surface area contributed by atoms with Crippen molar-refractivity contribution in [1.82, 2.24) is 0 Å². The normalized spacial score (nSPS) is 22.0. The summed E-state index contributed by atoms with van der Waals surface area (Å²) in [5.74, 6) is -0.0814. The first-order chi connectivity index (χ1) is 10.9. The molecule has 126 valence electrons. The lowest BCUT2D eigenvalue weighted by atomic mass is 9.97. The zero-order valence-electron chi connectivity index (χ0n) is 13.6. The Bertz CT molecular complexity index is 611. The van der Waals surface area contributed by atoms with E-state index >= 15 is 0 Å². The van der Waals surface area contributed by atoms with E-state index in [0.29, 0.717) is 22.5 Å². The zero-order chi connectivity index (χ0) is 16.6. The number of hydrogen-bond acceptors (Lipinski definition) is 5.